The van der Waals surface area contributed by atoms with E-state index in [4.69, 9.17) is 0 Å². The van der Waals surface area contributed by atoms with Crippen molar-refractivity contribution in [2.75, 3.05) is 0 Å². The van der Waals surface area contributed by atoms with Crippen molar-refractivity contribution in [3.05, 3.63) is 44.6 Å². The summed E-state index contributed by atoms with van der Waals surface area (Å²) in [6.45, 7) is 0.979. The lowest BCUT2D eigenvalue weighted by molar-refractivity contribution is 0.382. The summed E-state index contributed by atoms with van der Waals surface area (Å²) in [6.07, 6.45) is 8.87. The lowest BCUT2D eigenvalue weighted by atomic mass is 9.73. The first-order valence-corrected chi connectivity index (χ1v) is 10.4. The zero-order valence-corrected chi connectivity index (χ0v) is 17.4. The first-order chi connectivity index (χ1) is 12.2. The Morgan fingerprint density at radius 2 is 1.69 bits per heavy atom. The Morgan fingerprint density at radius 1 is 0.923 bits per heavy atom. The van der Waals surface area contributed by atoms with Crippen molar-refractivity contribution in [3.63, 3.8) is 0 Å². The summed E-state index contributed by atoms with van der Waals surface area (Å²) in [5.41, 5.74) is 3.87. The molecule has 0 saturated heterocycles. The Hall–Kier alpha value is -1.04. The van der Waals surface area contributed by atoms with Crippen LogP contribution in [0, 0.1) is 0 Å². The number of benzene rings is 1. The van der Waals surface area contributed by atoms with E-state index >= 15 is 0 Å². The van der Waals surface area contributed by atoms with Crippen LogP contribution in [0.5, 0.6) is 11.5 Å². The standard InChI is InChI=1S/C21H25NO2S.BrH/c23-17-8-13-6-7-16-21(14(13)9-18(17)24)15-10-19(25-20(15)11-22-16)12-4-2-1-3-5-12;/h8-10,12,16,21-24H,1-7,11H2;1H. The van der Waals surface area contributed by atoms with Gasteiger partial charge in [-0.15, -0.1) is 28.3 Å². The van der Waals surface area contributed by atoms with Crippen LogP contribution in [-0.4, -0.2) is 16.3 Å². The molecule has 1 saturated carbocycles. The van der Waals surface area contributed by atoms with Gasteiger partial charge < -0.3 is 15.5 Å². The number of thiophene rings is 1. The van der Waals surface area contributed by atoms with Crippen molar-refractivity contribution in [3.8, 4) is 11.5 Å². The van der Waals surface area contributed by atoms with Crippen LogP contribution in [0.4, 0.5) is 0 Å². The normalized spacial score (nSPS) is 24.9. The van der Waals surface area contributed by atoms with E-state index in [0.29, 0.717) is 12.0 Å². The fourth-order valence-corrected chi connectivity index (χ4v) is 6.45. The lowest BCUT2D eigenvalue weighted by Gasteiger charge is -2.38. The van der Waals surface area contributed by atoms with E-state index in [-0.39, 0.29) is 28.5 Å². The Labute approximate surface area is 169 Å². The molecule has 0 radical (unpaired) electrons. The van der Waals surface area contributed by atoms with E-state index < -0.39 is 0 Å². The number of hydrogen-bond acceptors (Lipinski definition) is 4. The summed E-state index contributed by atoms with van der Waals surface area (Å²) < 4.78 is 0. The molecule has 2 aromatic rings. The smallest absolute Gasteiger partial charge is 0.157 e. The summed E-state index contributed by atoms with van der Waals surface area (Å²) >= 11 is 2.01. The number of halogens is 1. The van der Waals surface area contributed by atoms with Gasteiger partial charge in [0.05, 0.1) is 0 Å². The topological polar surface area (TPSA) is 52.5 Å². The minimum Gasteiger partial charge on any atom is -0.504 e. The maximum atomic E-state index is 10.1. The minimum atomic E-state index is 0. The molecular weight excluding hydrogens is 410 g/mol. The number of rotatable bonds is 1. The van der Waals surface area contributed by atoms with Gasteiger partial charge in [0.25, 0.3) is 0 Å². The maximum Gasteiger partial charge on any atom is 0.157 e. The molecule has 1 aliphatic heterocycles. The fraction of sp³-hybridized carbons (Fsp3) is 0.524. The molecule has 2 aliphatic carbocycles. The minimum absolute atomic E-state index is 0. The molecule has 2 unspecified atom stereocenters. The van der Waals surface area contributed by atoms with Gasteiger partial charge in [0.1, 0.15) is 0 Å². The van der Waals surface area contributed by atoms with Crippen molar-refractivity contribution in [2.24, 2.45) is 0 Å². The van der Waals surface area contributed by atoms with Gasteiger partial charge in [-0.2, -0.15) is 0 Å². The highest BCUT2D eigenvalue weighted by atomic mass is 79.9. The van der Waals surface area contributed by atoms with Crippen molar-refractivity contribution in [1.82, 2.24) is 5.32 Å². The molecule has 140 valence electrons. The van der Waals surface area contributed by atoms with Crippen LogP contribution >= 0.6 is 28.3 Å². The Balaban J connectivity index is 0.00000168. The molecule has 0 bridgehead atoms. The third-order valence-electron chi connectivity index (χ3n) is 6.43. The van der Waals surface area contributed by atoms with Gasteiger partial charge in [-0.3, -0.25) is 0 Å². The van der Waals surface area contributed by atoms with Crippen LogP contribution in [0.3, 0.4) is 0 Å². The Bertz CT molecular complexity index is 813. The average molecular weight is 436 g/mol. The Kier molecular flexibility index (Phi) is 5.06. The van der Waals surface area contributed by atoms with Crippen LogP contribution in [0.15, 0.2) is 18.2 Å². The zero-order chi connectivity index (χ0) is 17.0. The van der Waals surface area contributed by atoms with Crippen LogP contribution in [0.1, 0.15) is 76.8 Å². The van der Waals surface area contributed by atoms with E-state index in [1.807, 2.05) is 11.3 Å². The maximum absolute atomic E-state index is 10.1. The zero-order valence-electron chi connectivity index (χ0n) is 14.8. The third-order valence-corrected chi connectivity index (χ3v) is 7.74. The monoisotopic (exact) mass is 435 g/mol. The molecule has 26 heavy (non-hydrogen) atoms. The molecule has 0 amide bonds. The molecule has 0 spiro atoms. The van der Waals surface area contributed by atoms with Crippen LogP contribution in [0.25, 0.3) is 0 Å². The number of phenols is 2. The van der Waals surface area contributed by atoms with Crippen molar-refractivity contribution < 1.29 is 10.2 Å². The van der Waals surface area contributed by atoms with Gasteiger partial charge in [0, 0.05) is 28.3 Å². The molecule has 3 aliphatic rings. The van der Waals surface area contributed by atoms with Crippen molar-refractivity contribution >= 4 is 28.3 Å². The third kappa shape index (κ3) is 2.98. The van der Waals surface area contributed by atoms with Gasteiger partial charge in [0.15, 0.2) is 11.5 Å². The second-order valence-corrected chi connectivity index (χ2v) is 9.07. The van der Waals surface area contributed by atoms with Gasteiger partial charge in [-0.1, -0.05) is 19.3 Å². The number of nitrogens with one attached hydrogen (secondary N) is 1. The first kappa shape index (κ1) is 18.3. The number of phenolic OH excluding ortho intramolecular Hbond substituents is 2. The van der Waals surface area contributed by atoms with E-state index in [1.54, 1.807) is 17.0 Å². The lowest BCUT2D eigenvalue weighted by Crippen LogP contribution is -2.41. The SMILES string of the molecule is Br.Oc1cc2c(cc1O)C1c3cc(C4CCCCC4)sc3CNC1CC2. The quantitative estimate of drug-likeness (QED) is 0.530. The molecule has 1 aromatic carbocycles. The Morgan fingerprint density at radius 3 is 2.50 bits per heavy atom. The van der Waals surface area contributed by atoms with E-state index in [9.17, 15) is 10.2 Å². The molecule has 2 heterocycles. The van der Waals surface area contributed by atoms with E-state index in [0.717, 1.165) is 25.3 Å². The molecule has 3 nitrogen and oxygen atoms in total. The summed E-state index contributed by atoms with van der Waals surface area (Å²) in [5, 5.41) is 23.7. The van der Waals surface area contributed by atoms with E-state index in [2.05, 4.69) is 11.4 Å². The molecule has 1 aromatic heterocycles. The van der Waals surface area contributed by atoms with Gasteiger partial charge in [-0.05, 0) is 66.5 Å². The molecule has 5 heteroatoms. The second kappa shape index (κ2) is 7.17. The van der Waals surface area contributed by atoms with Crippen LogP contribution in [-0.2, 0) is 13.0 Å². The molecule has 5 rings (SSSR count). The van der Waals surface area contributed by atoms with Crippen LogP contribution in [0.2, 0.25) is 0 Å². The largest absolute Gasteiger partial charge is 0.504 e. The molecule has 2 atom stereocenters. The average Bonchev–Trinajstić information content (AvgIpc) is 3.07. The summed E-state index contributed by atoms with van der Waals surface area (Å²) in [5.74, 6) is 1.08. The highest BCUT2D eigenvalue weighted by Gasteiger charge is 2.37. The van der Waals surface area contributed by atoms with E-state index in [1.165, 1.54) is 53.7 Å². The number of aromatic hydroxyl groups is 2. The fourth-order valence-electron chi connectivity index (χ4n) is 5.12. The summed E-state index contributed by atoms with van der Waals surface area (Å²) in [7, 11) is 0. The number of fused-ring (bicyclic) bond motifs is 5. The molecular formula is C21H26BrNO2S. The molecule has 1 fully saturated rings. The first-order valence-electron chi connectivity index (χ1n) is 9.61. The predicted octanol–water partition coefficient (Wildman–Crippen LogP) is 5.33. The highest BCUT2D eigenvalue weighted by Crippen LogP contribution is 2.48. The van der Waals surface area contributed by atoms with Crippen molar-refractivity contribution in [1.29, 1.82) is 0 Å². The number of aryl methyl sites for hydroxylation is 1. The second-order valence-electron chi connectivity index (χ2n) is 7.91. The van der Waals surface area contributed by atoms with Gasteiger partial charge >= 0.3 is 0 Å². The van der Waals surface area contributed by atoms with Crippen LogP contribution < -0.4 is 5.32 Å². The molecule has 3 N–H and O–H groups in total. The summed E-state index contributed by atoms with van der Waals surface area (Å²) in [4.78, 5) is 3.05. The van der Waals surface area contributed by atoms with Gasteiger partial charge in [0.2, 0.25) is 0 Å². The number of hydrogen-bond donors (Lipinski definition) is 3. The summed E-state index contributed by atoms with van der Waals surface area (Å²) in [6, 6.07) is 6.49. The van der Waals surface area contributed by atoms with Crippen molar-refractivity contribution in [2.45, 2.75) is 69.4 Å². The predicted molar refractivity (Wildman–Crippen MR) is 111 cm³/mol. The van der Waals surface area contributed by atoms with Gasteiger partial charge in [-0.25, -0.2) is 0 Å². The highest BCUT2D eigenvalue weighted by molar-refractivity contribution is 8.93.